The predicted octanol–water partition coefficient (Wildman–Crippen LogP) is 0.283. The number of carbonyl (C=O) groups is 3. The van der Waals surface area contributed by atoms with E-state index < -0.39 is 5.91 Å². The van der Waals surface area contributed by atoms with Crippen LogP contribution in [0, 0.1) is 17.8 Å². The third-order valence-electron chi connectivity index (χ3n) is 3.99. The highest BCUT2D eigenvalue weighted by Gasteiger charge is 2.51. The number of fused-ring (bicyclic) bond motifs is 1. The van der Waals surface area contributed by atoms with Crippen molar-refractivity contribution in [3.63, 3.8) is 0 Å². The van der Waals surface area contributed by atoms with Crippen LogP contribution in [0.4, 0.5) is 0 Å². The Kier molecular flexibility index (Phi) is 3.17. The monoisotopic (exact) mass is 238 g/mol. The highest BCUT2D eigenvalue weighted by Crippen LogP contribution is 2.44. The first kappa shape index (κ1) is 12.1. The van der Waals surface area contributed by atoms with Crippen molar-refractivity contribution in [3.05, 3.63) is 0 Å². The number of nitrogens with zero attached hydrogens (tertiary/aromatic N) is 1. The third-order valence-corrected chi connectivity index (χ3v) is 3.99. The van der Waals surface area contributed by atoms with E-state index in [0.717, 1.165) is 19.3 Å². The van der Waals surface area contributed by atoms with E-state index in [-0.39, 0.29) is 36.6 Å². The van der Waals surface area contributed by atoms with Gasteiger partial charge in [0.1, 0.15) is 0 Å². The lowest BCUT2D eigenvalue weighted by molar-refractivity contribution is -0.140. The molecule has 0 aromatic rings. The Morgan fingerprint density at radius 3 is 2.24 bits per heavy atom. The number of nitrogens with two attached hydrogens (primary N) is 1. The zero-order valence-electron chi connectivity index (χ0n) is 10.0. The number of imide groups is 1. The summed E-state index contributed by atoms with van der Waals surface area (Å²) in [5.74, 6) is -0.458. The van der Waals surface area contributed by atoms with Crippen LogP contribution >= 0.6 is 0 Å². The molecule has 0 aromatic carbocycles. The van der Waals surface area contributed by atoms with Gasteiger partial charge in [-0.15, -0.1) is 0 Å². The number of rotatable bonds is 4. The van der Waals surface area contributed by atoms with E-state index >= 15 is 0 Å². The van der Waals surface area contributed by atoms with Crippen LogP contribution in [0.2, 0.25) is 0 Å². The predicted molar refractivity (Wildman–Crippen MR) is 60.5 cm³/mol. The van der Waals surface area contributed by atoms with Crippen molar-refractivity contribution < 1.29 is 14.4 Å². The number of likely N-dealkylation sites (tertiary alicyclic amines) is 1. The van der Waals surface area contributed by atoms with Crippen LogP contribution in [0.1, 0.15) is 32.6 Å². The summed E-state index contributed by atoms with van der Waals surface area (Å²) in [5, 5.41) is 0. The summed E-state index contributed by atoms with van der Waals surface area (Å²) in [6.45, 7) is 2.24. The van der Waals surface area contributed by atoms with Crippen LogP contribution < -0.4 is 5.73 Å². The number of carbonyl (C=O) groups excluding carboxylic acids is 3. The van der Waals surface area contributed by atoms with Crippen LogP contribution in [-0.2, 0) is 14.4 Å². The second-order valence-electron chi connectivity index (χ2n) is 5.00. The Labute approximate surface area is 100 Å². The molecule has 5 nitrogen and oxygen atoms in total. The fourth-order valence-electron chi connectivity index (χ4n) is 2.97. The van der Waals surface area contributed by atoms with Gasteiger partial charge in [0.25, 0.3) is 0 Å². The van der Waals surface area contributed by atoms with Crippen molar-refractivity contribution in [2.45, 2.75) is 32.6 Å². The molecule has 0 bridgehead atoms. The summed E-state index contributed by atoms with van der Waals surface area (Å²) in [6, 6.07) is 0. The maximum Gasteiger partial charge on any atom is 0.233 e. The first-order valence-corrected chi connectivity index (χ1v) is 6.18. The number of amides is 3. The van der Waals surface area contributed by atoms with Crippen LogP contribution in [-0.4, -0.2) is 29.2 Å². The van der Waals surface area contributed by atoms with Gasteiger partial charge in [-0.1, -0.05) is 13.3 Å². The number of hydrogen-bond donors (Lipinski definition) is 1. The summed E-state index contributed by atoms with van der Waals surface area (Å²) in [4.78, 5) is 36.0. The topological polar surface area (TPSA) is 80.5 Å². The molecule has 1 aliphatic carbocycles. The molecule has 17 heavy (non-hydrogen) atoms. The van der Waals surface area contributed by atoms with Gasteiger partial charge < -0.3 is 5.73 Å². The van der Waals surface area contributed by atoms with Crippen molar-refractivity contribution >= 4 is 17.7 Å². The van der Waals surface area contributed by atoms with Gasteiger partial charge in [-0.25, -0.2) is 0 Å². The van der Waals surface area contributed by atoms with E-state index in [1.807, 2.05) is 0 Å². The van der Waals surface area contributed by atoms with Gasteiger partial charge in [-0.05, 0) is 18.8 Å². The first-order chi connectivity index (χ1) is 8.04. The van der Waals surface area contributed by atoms with E-state index in [1.165, 1.54) is 4.90 Å². The molecule has 0 radical (unpaired) electrons. The smallest absolute Gasteiger partial charge is 0.233 e. The van der Waals surface area contributed by atoms with Crippen molar-refractivity contribution in [1.82, 2.24) is 4.90 Å². The Hall–Kier alpha value is -1.39. The zero-order chi connectivity index (χ0) is 12.6. The molecule has 2 unspecified atom stereocenters. The van der Waals surface area contributed by atoms with E-state index in [2.05, 4.69) is 6.92 Å². The maximum absolute atomic E-state index is 12.0. The van der Waals surface area contributed by atoms with Crippen LogP contribution in [0.15, 0.2) is 0 Å². The van der Waals surface area contributed by atoms with Crippen LogP contribution in [0.25, 0.3) is 0 Å². The highest BCUT2D eigenvalue weighted by molar-refractivity contribution is 6.05. The van der Waals surface area contributed by atoms with Crippen LogP contribution in [0.5, 0.6) is 0 Å². The van der Waals surface area contributed by atoms with Crippen LogP contribution in [0.3, 0.4) is 0 Å². The van der Waals surface area contributed by atoms with Gasteiger partial charge in [0.2, 0.25) is 17.7 Å². The summed E-state index contributed by atoms with van der Waals surface area (Å²) < 4.78 is 0. The van der Waals surface area contributed by atoms with E-state index in [1.54, 1.807) is 0 Å². The lowest BCUT2D eigenvalue weighted by Crippen LogP contribution is -2.35. The largest absolute Gasteiger partial charge is 0.370 e. The molecule has 94 valence electrons. The minimum atomic E-state index is -0.478. The molecule has 1 saturated carbocycles. The molecule has 2 atom stereocenters. The summed E-state index contributed by atoms with van der Waals surface area (Å²) in [7, 11) is 0. The minimum absolute atomic E-state index is 0.0636. The molecule has 2 rings (SSSR count). The van der Waals surface area contributed by atoms with E-state index in [0.29, 0.717) is 5.92 Å². The van der Waals surface area contributed by atoms with Gasteiger partial charge in [0, 0.05) is 13.0 Å². The molecule has 1 saturated heterocycles. The van der Waals surface area contributed by atoms with E-state index in [9.17, 15) is 14.4 Å². The lowest BCUT2D eigenvalue weighted by Gasteiger charge is -2.16. The van der Waals surface area contributed by atoms with Gasteiger partial charge in [-0.2, -0.15) is 0 Å². The molecule has 2 aliphatic rings. The summed E-state index contributed by atoms with van der Waals surface area (Å²) in [6.07, 6.45) is 2.72. The minimum Gasteiger partial charge on any atom is -0.370 e. The molecular formula is C12H18N2O3. The molecule has 0 spiro atoms. The number of hydrogen-bond acceptors (Lipinski definition) is 3. The van der Waals surface area contributed by atoms with Crippen molar-refractivity contribution in [1.29, 1.82) is 0 Å². The Bertz CT molecular complexity index is 343. The maximum atomic E-state index is 12.0. The summed E-state index contributed by atoms with van der Waals surface area (Å²) in [5.41, 5.74) is 5.03. The fraction of sp³-hybridized carbons (Fsp3) is 0.750. The molecule has 5 heteroatoms. The third kappa shape index (κ3) is 2.06. The Morgan fingerprint density at radius 2 is 1.82 bits per heavy atom. The second kappa shape index (κ2) is 4.47. The van der Waals surface area contributed by atoms with Crippen molar-refractivity contribution in [2.75, 3.05) is 6.54 Å². The fourth-order valence-corrected chi connectivity index (χ4v) is 2.97. The second-order valence-corrected chi connectivity index (χ2v) is 5.00. The molecular weight excluding hydrogens is 220 g/mol. The van der Waals surface area contributed by atoms with E-state index in [4.69, 9.17) is 5.73 Å². The summed E-state index contributed by atoms with van der Waals surface area (Å²) >= 11 is 0. The molecule has 1 heterocycles. The van der Waals surface area contributed by atoms with Crippen molar-refractivity contribution in [3.8, 4) is 0 Å². The average Bonchev–Trinajstić information content (AvgIpc) is 2.79. The number of primary amides is 1. The molecule has 2 fully saturated rings. The molecule has 1 aliphatic heterocycles. The first-order valence-electron chi connectivity index (χ1n) is 6.18. The molecule has 2 N–H and O–H groups in total. The lowest BCUT2D eigenvalue weighted by atomic mass is 10.00. The molecule has 0 aromatic heterocycles. The normalized spacial score (nSPS) is 32.1. The zero-order valence-corrected chi connectivity index (χ0v) is 10.0. The van der Waals surface area contributed by atoms with Gasteiger partial charge in [-0.3, -0.25) is 19.3 Å². The standard InChI is InChI=1S/C12H18N2O3/c1-2-7-5-8-9(6-7)12(17)14(11(8)16)4-3-10(13)15/h7-9H,2-6H2,1H3,(H2,13,15). The van der Waals surface area contributed by atoms with Gasteiger partial charge in [0.15, 0.2) is 0 Å². The highest BCUT2D eigenvalue weighted by atomic mass is 16.2. The Morgan fingerprint density at radius 1 is 1.29 bits per heavy atom. The molecule has 3 amide bonds. The Balaban J connectivity index is 2.03. The quantitative estimate of drug-likeness (QED) is 0.714. The van der Waals surface area contributed by atoms with Gasteiger partial charge in [0.05, 0.1) is 11.8 Å². The average molecular weight is 238 g/mol. The van der Waals surface area contributed by atoms with Gasteiger partial charge >= 0.3 is 0 Å². The SMILES string of the molecule is CCC1CC2C(=O)N(CCC(N)=O)C(=O)C2C1. The van der Waals surface area contributed by atoms with Crippen molar-refractivity contribution in [2.24, 2.45) is 23.5 Å².